The van der Waals surface area contributed by atoms with Gasteiger partial charge in [0.25, 0.3) is 0 Å². The van der Waals surface area contributed by atoms with E-state index in [2.05, 4.69) is 15.4 Å². The van der Waals surface area contributed by atoms with Gasteiger partial charge in [0, 0.05) is 18.8 Å². The summed E-state index contributed by atoms with van der Waals surface area (Å²) in [5, 5.41) is 7.37. The molecule has 1 unspecified atom stereocenters. The highest BCUT2D eigenvalue weighted by Crippen LogP contribution is 2.20. The van der Waals surface area contributed by atoms with Crippen molar-refractivity contribution in [1.29, 1.82) is 0 Å². The first-order valence-electron chi connectivity index (χ1n) is 11.3. The van der Waals surface area contributed by atoms with Gasteiger partial charge >= 0.3 is 0 Å². The Morgan fingerprint density at radius 3 is 2.67 bits per heavy atom. The summed E-state index contributed by atoms with van der Waals surface area (Å²) in [4.78, 5) is 31.6. The second-order valence-electron chi connectivity index (χ2n) is 8.32. The third kappa shape index (κ3) is 5.77. The Morgan fingerprint density at radius 1 is 1.15 bits per heavy atom. The van der Waals surface area contributed by atoms with Crippen LogP contribution >= 0.6 is 0 Å². The molecule has 1 atom stereocenters. The van der Waals surface area contributed by atoms with Gasteiger partial charge in [0.1, 0.15) is 5.75 Å². The summed E-state index contributed by atoms with van der Waals surface area (Å²) in [6.45, 7) is 5.33. The van der Waals surface area contributed by atoms with Crippen molar-refractivity contribution in [3.05, 3.63) is 66.1 Å². The van der Waals surface area contributed by atoms with Crippen LogP contribution in [0.4, 0.5) is 5.69 Å². The molecule has 3 heterocycles. The van der Waals surface area contributed by atoms with Gasteiger partial charge in [-0.3, -0.25) is 9.59 Å². The van der Waals surface area contributed by atoms with Gasteiger partial charge < -0.3 is 15.0 Å². The first-order valence-corrected chi connectivity index (χ1v) is 11.3. The average molecular weight is 448 g/mol. The minimum atomic E-state index is -0.242. The maximum Gasteiger partial charge on any atom is 0.229 e. The number of carbonyl (C=O) groups excluding carboxylic acids is 2. The number of carbonyl (C=O) groups is 2. The molecule has 8 nitrogen and oxygen atoms in total. The predicted molar refractivity (Wildman–Crippen MR) is 125 cm³/mol. The zero-order valence-corrected chi connectivity index (χ0v) is 19.0. The molecular formula is C25H29N5O3. The number of para-hydroxylation sites is 1. The fourth-order valence-electron chi connectivity index (χ4n) is 4.04. The van der Waals surface area contributed by atoms with E-state index in [0.29, 0.717) is 37.6 Å². The quantitative estimate of drug-likeness (QED) is 0.599. The molecule has 2 aromatic heterocycles. The molecule has 1 aliphatic heterocycles. The van der Waals surface area contributed by atoms with Gasteiger partial charge in [0.05, 0.1) is 36.5 Å². The first kappa shape index (κ1) is 22.5. The van der Waals surface area contributed by atoms with Crippen LogP contribution in [-0.4, -0.2) is 51.2 Å². The summed E-state index contributed by atoms with van der Waals surface area (Å²) < 4.78 is 7.40. The van der Waals surface area contributed by atoms with Crippen molar-refractivity contribution in [3.63, 3.8) is 0 Å². The number of nitrogens with one attached hydrogen (secondary N) is 1. The van der Waals surface area contributed by atoms with E-state index in [0.717, 1.165) is 30.0 Å². The number of pyridine rings is 1. The van der Waals surface area contributed by atoms with E-state index in [1.807, 2.05) is 62.4 Å². The van der Waals surface area contributed by atoms with E-state index in [1.54, 1.807) is 15.8 Å². The molecule has 4 rings (SSSR count). The highest BCUT2D eigenvalue weighted by Gasteiger charge is 2.28. The van der Waals surface area contributed by atoms with E-state index >= 15 is 0 Å². The molecular weight excluding hydrogens is 418 g/mol. The molecule has 8 heteroatoms. The van der Waals surface area contributed by atoms with Gasteiger partial charge in [-0.15, -0.1) is 0 Å². The highest BCUT2D eigenvalue weighted by molar-refractivity contribution is 5.93. The van der Waals surface area contributed by atoms with Crippen molar-refractivity contribution in [2.45, 2.75) is 33.1 Å². The monoisotopic (exact) mass is 447 g/mol. The smallest absolute Gasteiger partial charge is 0.229 e. The summed E-state index contributed by atoms with van der Waals surface area (Å²) in [6, 6.07) is 15.1. The van der Waals surface area contributed by atoms with E-state index in [1.165, 1.54) is 0 Å². The highest BCUT2D eigenvalue weighted by atomic mass is 16.5. The van der Waals surface area contributed by atoms with Gasteiger partial charge in [-0.2, -0.15) is 5.10 Å². The number of amides is 2. The fourth-order valence-corrected chi connectivity index (χ4v) is 4.04. The third-order valence-electron chi connectivity index (χ3n) is 5.71. The number of hydrogen-bond acceptors (Lipinski definition) is 5. The van der Waals surface area contributed by atoms with Crippen LogP contribution in [0.1, 0.15) is 30.7 Å². The largest absolute Gasteiger partial charge is 0.493 e. The van der Waals surface area contributed by atoms with E-state index < -0.39 is 0 Å². The Balaban J connectivity index is 1.28. The molecule has 33 heavy (non-hydrogen) atoms. The Kier molecular flexibility index (Phi) is 7.02. The first-order chi connectivity index (χ1) is 16.0. The molecule has 0 bridgehead atoms. The second kappa shape index (κ2) is 10.3. The van der Waals surface area contributed by atoms with Crippen LogP contribution in [0, 0.1) is 19.8 Å². The zero-order chi connectivity index (χ0) is 23.2. The number of nitrogens with zero attached hydrogens (tertiary/aromatic N) is 4. The van der Waals surface area contributed by atoms with Crippen molar-refractivity contribution >= 4 is 17.5 Å². The molecule has 0 aliphatic carbocycles. The van der Waals surface area contributed by atoms with Crippen molar-refractivity contribution in [1.82, 2.24) is 19.7 Å². The molecule has 0 radical (unpaired) electrons. The lowest BCUT2D eigenvalue weighted by atomic mass is 9.96. The lowest BCUT2D eigenvalue weighted by molar-refractivity contribution is -0.135. The third-order valence-corrected chi connectivity index (χ3v) is 5.71. The summed E-state index contributed by atoms with van der Waals surface area (Å²) in [6.07, 6.45) is 3.49. The minimum absolute atomic E-state index is 0.0133. The summed E-state index contributed by atoms with van der Waals surface area (Å²) in [7, 11) is 0. The fraction of sp³-hybridized carbons (Fsp3) is 0.360. The molecule has 1 fully saturated rings. The molecule has 2 amide bonds. The van der Waals surface area contributed by atoms with Crippen molar-refractivity contribution in [2.75, 3.05) is 25.0 Å². The lowest BCUT2D eigenvalue weighted by Crippen LogP contribution is -2.44. The van der Waals surface area contributed by atoms with Gasteiger partial charge in [-0.1, -0.05) is 18.2 Å². The molecule has 172 valence electrons. The molecule has 3 aromatic rings. The van der Waals surface area contributed by atoms with Crippen molar-refractivity contribution in [3.8, 4) is 11.6 Å². The number of likely N-dealkylation sites (tertiary alicyclic amines) is 1. The van der Waals surface area contributed by atoms with E-state index in [-0.39, 0.29) is 17.7 Å². The summed E-state index contributed by atoms with van der Waals surface area (Å²) >= 11 is 0. The maximum absolute atomic E-state index is 12.8. The lowest BCUT2D eigenvalue weighted by Gasteiger charge is -2.32. The van der Waals surface area contributed by atoms with Crippen LogP contribution < -0.4 is 10.1 Å². The van der Waals surface area contributed by atoms with Gasteiger partial charge in [0.15, 0.2) is 5.82 Å². The molecule has 1 N–H and O–H groups in total. The molecule has 0 spiro atoms. The SMILES string of the molecule is Cc1cc(C)n(-c2ccc(NC(=O)C3CCCN(C(=O)CCOc4ccccc4)C3)cn2)n1. The van der Waals surface area contributed by atoms with Gasteiger partial charge in [-0.25, -0.2) is 9.67 Å². The van der Waals surface area contributed by atoms with Crippen LogP contribution in [0.25, 0.3) is 5.82 Å². The summed E-state index contributed by atoms with van der Waals surface area (Å²) in [5.41, 5.74) is 2.55. The van der Waals surface area contributed by atoms with Crippen LogP contribution in [0.2, 0.25) is 0 Å². The minimum Gasteiger partial charge on any atom is -0.493 e. The van der Waals surface area contributed by atoms with E-state index in [9.17, 15) is 9.59 Å². The molecule has 1 aliphatic rings. The standard InChI is InChI=1S/C25H29N5O3/c1-18-15-19(2)30(28-18)23-11-10-21(16-26-23)27-25(32)20-7-6-13-29(17-20)24(31)12-14-33-22-8-4-3-5-9-22/h3-5,8-11,15-16,20H,6-7,12-14,17H2,1-2H3,(H,27,32). The normalized spacial score (nSPS) is 15.8. The Labute approximate surface area is 193 Å². The number of anilines is 1. The second-order valence-corrected chi connectivity index (χ2v) is 8.32. The van der Waals surface area contributed by atoms with Crippen LogP contribution in [0.5, 0.6) is 5.75 Å². The number of ether oxygens (including phenoxy) is 1. The zero-order valence-electron chi connectivity index (χ0n) is 19.0. The van der Waals surface area contributed by atoms with Crippen LogP contribution in [-0.2, 0) is 9.59 Å². The topological polar surface area (TPSA) is 89.4 Å². The number of benzene rings is 1. The Bertz CT molecular complexity index is 1090. The maximum atomic E-state index is 12.8. The van der Waals surface area contributed by atoms with Gasteiger partial charge in [-0.05, 0) is 57.0 Å². The van der Waals surface area contributed by atoms with Gasteiger partial charge in [0.2, 0.25) is 11.8 Å². The molecule has 1 aromatic carbocycles. The number of aromatic nitrogens is 3. The number of hydrogen-bond donors (Lipinski definition) is 1. The van der Waals surface area contributed by atoms with Crippen molar-refractivity contribution in [2.24, 2.45) is 5.92 Å². The summed E-state index contributed by atoms with van der Waals surface area (Å²) in [5.74, 6) is 1.13. The van der Waals surface area contributed by atoms with Crippen LogP contribution in [0.3, 0.4) is 0 Å². The predicted octanol–water partition coefficient (Wildman–Crippen LogP) is 3.53. The Morgan fingerprint density at radius 2 is 1.97 bits per heavy atom. The number of aryl methyl sites for hydroxylation is 2. The molecule has 0 saturated carbocycles. The molecule has 1 saturated heterocycles. The van der Waals surface area contributed by atoms with Crippen molar-refractivity contribution < 1.29 is 14.3 Å². The van der Waals surface area contributed by atoms with Crippen LogP contribution in [0.15, 0.2) is 54.7 Å². The average Bonchev–Trinajstić information content (AvgIpc) is 3.18. The van der Waals surface area contributed by atoms with E-state index in [4.69, 9.17) is 4.74 Å². The Hall–Kier alpha value is -3.68. The number of piperidine rings is 1. The number of rotatable bonds is 7.